The number of benzene rings is 1. The van der Waals surface area contributed by atoms with Crippen LogP contribution in [0.25, 0.3) is 0 Å². The number of rotatable bonds is 2. The van der Waals surface area contributed by atoms with Crippen LogP contribution in [0.2, 0.25) is 0 Å². The molecule has 94 valence electrons. The number of carboxylic acids is 1. The third-order valence-electron chi connectivity index (χ3n) is 4.26. The van der Waals surface area contributed by atoms with Crippen molar-refractivity contribution >= 4 is 11.9 Å². The molecule has 1 heterocycles. The molecule has 4 nitrogen and oxygen atoms in total. The van der Waals surface area contributed by atoms with Crippen molar-refractivity contribution in [3.05, 3.63) is 35.4 Å². The van der Waals surface area contributed by atoms with Crippen LogP contribution in [0, 0.1) is 0 Å². The van der Waals surface area contributed by atoms with Crippen molar-refractivity contribution in [2.75, 3.05) is 6.54 Å². The summed E-state index contributed by atoms with van der Waals surface area (Å²) in [4.78, 5) is 25.2. The van der Waals surface area contributed by atoms with Gasteiger partial charge in [-0.3, -0.25) is 4.79 Å². The normalized spacial score (nSPS) is 20.1. The second kappa shape index (κ2) is 3.83. The van der Waals surface area contributed by atoms with E-state index >= 15 is 0 Å². The van der Waals surface area contributed by atoms with Gasteiger partial charge in [-0.1, -0.05) is 6.07 Å². The zero-order valence-electron chi connectivity index (χ0n) is 10.1. The Hall–Kier alpha value is -1.84. The van der Waals surface area contributed by atoms with E-state index in [-0.39, 0.29) is 17.0 Å². The minimum Gasteiger partial charge on any atom is -0.478 e. The summed E-state index contributed by atoms with van der Waals surface area (Å²) in [5, 5.41) is 8.94. The first-order valence-corrected chi connectivity index (χ1v) is 6.28. The second-order valence-electron chi connectivity index (χ2n) is 5.17. The first kappa shape index (κ1) is 11.3. The van der Waals surface area contributed by atoms with Gasteiger partial charge in [0.15, 0.2) is 0 Å². The Morgan fingerprint density at radius 2 is 1.89 bits per heavy atom. The van der Waals surface area contributed by atoms with E-state index < -0.39 is 5.97 Å². The fourth-order valence-electron chi connectivity index (χ4n) is 2.90. The molecule has 1 aliphatic carbocycles. The van der Waals surface area contributed by atoms with Crippen LogP contribution in [0.4, 0.5) is 0 Å². The summed E-state index contributed by atoms with van der Waals surface area (Å²) in [6.45, 7) is 0.802. The molecule has 4 heteroatoms. The van der Waals surface area contributed by atoms with Crippen molar-refractivity contribution in [2.24, 2.45) is 0 Å². The molecule has 0 radical (unpaired) electrons. The predicted octanol–water partition coefficient (Wildman–Crippen LogP) is 2.15. The van der Waals surface area contributed by atoms with Crippen LogP contribution in [0.1, 0.15) is 46.4 Å². The Labute approximate surface area is 105 Å². The molecule has 2 fully saturated rings. The van der Waals surface area contributed by atoms with Crippen LogP contribution in [-0.4, -0.2) is 34.0 Å². The van der Waals surface area contributed by atoms with Gasteiger partial charge in [-0.2, -0.15) is 0 Å². The standard InChI is InChI=1S/C14H15NO3/c16-12(15-8-7-14(15)5-2-6-14)10-3-1-4-11(9-10)13(17)18/h1,3-4,9H,2,5-8H2,(H,17,18). The summed E-state index contributed by atoms with van der Waals surface area (Å²) in [6.07, 6.45) is 4.48. The van der Waals surface area contributed by atoms with E-state index in [1.165, 1.54) is 18.6 Å². The van der Waals surface area contributed by atoms with Crippen LogP contribution in [0.3, 0.4) is 0 Å². The van der Waals surface area contributed by atoms with Gasteiger partial charge in [0.1, 0.15) is 0 Å². The highest BCUT2D eigenvalue weighted by molar-refractivity contribution is 5.98. The van der Waals surface area contributed by atoms with Gasteiger partial charge in [0, 0.05) is 17.6 Å². The molecule has 1 N–H and O–H groups in total. The molecule has 0 aromatic heterocycles. The number of carbonyl (C=O) groups excluding carboxylic acids is 1. The molecule has 1 spiro atoms. The van der Waals surface area contributed by atoms with Gasteiger partial charge in [-0.25, -0.2) is 4.79 Å². The molecule has 1 saturated carbocycles. The lowest BCUT2D eigenvalue weighted by molar-refractivity contribution is -0.0487. The minimum absolute atomic E-state index is 0.0240. The van der Waals surface area contributed by atoms with Crippen LogP contribution < -0.4 is 0 Å². The molecule has 0 unspecified atom stereocenters. The van der Waals surface area contributed by atoms with Crippen molar-refractivity contribution in [3.63, 3.8) is 0 Å². The number of hydrogen-bond acceptors (Lipinski definition) is 2. The van der Waals surface area contributed by atoms with Crippen LogP contribution in [-0.2, 0) is 0 Å². The lowest BCUT2D eigenvalue weighted by Gasteiger charge is -2.58. The summed E-state index contributed by atoms with van der Waals surface area (Å²) < 4.78 is 0. The highest BCUT2D eigenvalue weighted by Crippen LogP contribution is 2.47. The maximum absolute atomic E-state index is 12.3. The molecular weight excluding hydrogens is 230 g/mol. The van der Waals surface area contributed by atoms with Gasteiger partial charge in [-0.15, -0.1) is 0 Å². The van der Waals surface area contributed by atoms with Crippen molar-refractivity contribution in [1.82, 2.24) is 4.90 Å². The Balaban J connectivity index is 1.84. The number of nitrogens with zero attached hydrogens (tertiary/aromatic N) is 1. The smallest absolute Gasteiger partial charge is 0.335 e. The summed E-state index contributed by atoms with van der Waals surface area (Å²) in [5.74, 6) is -1.02. The lowest BCUT2D eigenvalue weighted by Crippen LogP contribution is -2.65. The third kappa shape index (κ3) is 1.52. The predicted molar refractivity (Wildman–Crippen MR) is 65.6 cm³/mol. The van der Waals surface area contributed by atoms with Crippen molar-refractivity contribution in [2.45, 2.75) is 31.2 Å². The van der Waals surface area contributed by atoms with Gasteiger partial charge in [-0.05, 0) is 43.9 Å². The first-order chi connectivity index (χ1) is 8.62. The van der Waals surface area contributed by atoms with E-state index in [9.17, 15) is 9.59 Å². The van der Waals surface area contributed by atoms with Crippen LogP contribution in [0.15, 0.2) is 24.3 Å². The number of aromatic carboxylic acids is 1. The molecule has 1 aromatic rings. The molecule has 0 bridgehead atoms. The number of carbonyl (C=O) groups is 2. The molecule has 1 saturated heterocycles. The molecule has 1 aromatic carbocycles. The van der Waals surface area contributed by atoms with E-state index in [1.807, 2.05) is 4.90 Å². The summed E-state index contributed by atoms with van der Waals surface area (Å²) in [7, 11) is 0. The van der Waals surface area contributed by atoms with Gasteiger partial charge in [0.25, 0.3) is 5.91 Å². The van der Waals surface area contributed by atoms with Crippen molar-refractivity contribution in [3.8, 4) is 0 Å². The minimum atomic E-state index is -0.994. The topological polar surface area (TPSA) is 57.6 Å². The fraction of sp³-hybridized carbons (Fsp3) is 0.429. The van der Waals surface area contributed by atoms with E-state index in [4.69, 9.17) is 5.11 Å². The van der Waals surface area contributed by atoms with Crippen LogP contribution in [0.5, 0.6) is 0 Å². The number of hydrogen-bond donors (Lipinski definition) is 1. The Kier molecular flexibility index (Phi) is 2.40. The zero-order valence-corrected chi connectivity index (χ0v) is 10.1. The first-order valence-electron chi connectivity index (χ1n) is 6.28. The van der Waals surface area contributed by atoms with E-state index in [1.54, 1.807) is 12.1 Å². The SMILES string of the molecule is O=C(O)c1cccc(C(=O)N2CCC23CCC3)c1. The number of likely N-dealkylation sites (tertiary alicyclic amines) is 1. The monoisotopic (exact) mass is 245 g/mol. The zero-order chi connectivity index (χ0) is 12.8. The largest absolute Gasteiger partial charge is 0.478 e. The van der Waals surface area contributed by atoms with E-state index in [0.717, 1.165) is 25.8 Å². The maximum Gasteiger partial charge on any atom is 0.335 e. The molecule has 1 aliphatic heterocycles. The number of carboxylic acid groups (broad SMARTS) is 1. The molecule has 18 heavy (non-hydrogen) atoms. The highest BCUT2D eigenvalue weighted by Gasteiger charge is 2.51. The quantitative estimate of drug-likeness (QED) is 0.868. The Morgan fingerprint density at radius 1 is 1.17 bits per heavy atom. The van der Waals surface area contributed by atoms with E-state index in [0.29, 0.717) is 5.56 Å². The Bertz CT molecular complexity index is 514. The number of amides is 1. The second-order valence-corrected chi connectivity index (χ2v) is 5.17. The van der Waals surface area contributed by atoms with Gasteiger partial charge in [0.2, 0.25) is 0 Å². The molecule has 3 rings (SSSR count). The maximum atomic E-state index is 12.3. The summed E-state index contributed by atoms with van der Waals surface area (Å²) in [5.41, 5.74) is 0.765. The third-order valence-corrected chi connectivity index (χ3v) is 4.26. The van der Waals surface area contributed by atoms with Crippen molar-refractivity contribution in [1.29, 1.82) is 0 Å². The average molecular weight is 245 g/mol. The fourth-order valence-corrected chi connectivity index (χ4v) is 2.90. The Morgan fingerprint density at radius 3 is 2.39 bits per heavy atom. The highest BCUT2D eigenvalue weighted by atomic mass is 16.4. The molecule has 2 aliphatic rings. The van der Waals surface area contributed by atoms with Crippen molar-refractivity contribution < 1.29 is 14.7 Å². The van der Waals surface area contributed by atoms with Gasteiger partial charge < -0.3 is 10.0 Å². The average Bonchev–Trinajstić information content (AvgIpc) is 2.25. The summed E-state index contributed by atoms with van der Waals surface area (Å²) >= 11 is 0. The molecule has 0 atom stereocenters. The van der Waals surface area contributed by atoms with Crippen LogP contribution >= 0.6 is 0 Å². The molecular formula is C14H15NO3. The molecule has 1 amide bonds. The van der Waals surface area contributed by atoms with Gasteiger partial charge >= 0.3 is 5.97 Å². The van der Waals surface area contributed by atoms with E-state index in [2.05, 4.69) is 0 Å². The van der Waals surface area contributed by atoms with Gasteiger partial charge in [0.05, 0.1) is 5.56 Å². The summed E-state index contributed by atoms with van der Waals surface area (Å²) in [6, 6.07) is 6.30. The lowest BCUT2D eigenvalue weighted by atomic mass is 9.67.